The van der Waals surface area contributed by atoms with Crippen LogP contribution in [-0.2, 0) is 0 Å². The molecular formula is C14H13ClN4. The highest BCUT2D eigenvalue weighted by Gasteiger charge is 2.10. The van der Waals surface area contributed by atoms with Crippen LogP contribution in [0.15, 0.2) is 64.8 Å². The van der Waals surface area contributed by atoms with Crippen molar-refractivity contribution in [3.05, 3.63) is 70.7 Å². The SMILES string of the molecule is NC(N)=N/N=C(/c1ccccc1)c1ccccc1Cl. The molecule has 96 valence electrons. The van der Waals surface area contributed by atoms with Crippen molar-refractivity contribution >= 4 is 23.3 Å². The molecule has 0 radical (unpaired) electrons. The Bertz CT molecular complexity index is 616. The van der Waals surface area contributed by atoms with Gasteiger partial charge in [0.25, 0.3) is 0 Å². The lowest BCUT2D eigenvalue weighted by atomic mass is 10.0. The van der Waals surface area contributed by atoms with E-state index in [2.05, 4.69) is 10.2 Å². The number of benzene rings is 2. The van der Waals surface area contributed by atoms with E-state index in [1.54, 1.807) is 6.07 Å². The van der Waals surface area contributed by atoms with E-state index in [-0.39, 0.29) is 5.96 Å². The number of nitrogens with zero attached hydrogens (tertiary/aromatic N) is 2. The maximum atomic E-state index is 6.19. The van der Waals surface area contributed by atoms with Gasteiger partial charge in [-0.15, -0.1) is 10.2 Å². The summed E-state index contributed by atoms with van der Waals surface area (Å²) in [4.78, 5) is 0. The highest BCUT2D eigenvalue weighted by molar-refractivity contribution is 6.35. The molecule has 0 aliphatic rings. The fourth-order valence-corrected chi connectivity index (χ4v) is 1.85. The second-order valence-electron chi connectivity index (χ2n) is 3.82. The zero-order valence-corrected chi connectivity index (χ0v) is 10.9. The summed E-state index contributed by atoms with van der Waals surface area (Å²) >= 11 is 6.19. The molecule has 0 aliphatic heterocycles. The fraction of sp³-hybridized carbons (Fsp3) is 0. The Balaban J connectivity index is 2.57. The average Bonchev–Trinajstić information content (AvgIpc) is 2.42. The molecule has 0 heterocycles. The van der Waals surface area contributed by atoms with E-state index in [4.69, 9.17) is 23.1 Å². The molecule has 4 N–H and O–H groups in total. The van der Waals surface area contributed by atoms with Crippen LogP contribution >= 0.6 is 11.6 Å². The molecule has 19 heavy (non-hydrogen) atoms. The van der Waals surface area contributed by atoms with Crippen LogP contribution in [0.5, 0.6) is 0 Å². The molecule has 0 aliphatic carbocycles. The van der Waals surface area contributed by atoms with Crippen LogP contribution in [0.1, 0.15) is 11.1 Å². The Labute approximate surface area is 116 Å². The molecule has 0 unspecified atom stereocenters. The Kier molecular flexibility index (Phi) is 4.15. The Morgan fingerprint density at radius 1 is 0.842 bits per heavy atom. The van der Waals surface area contributed by atoms with Gasteiger partial charge in [-0.1, -0.05) is 60.1 Å². The molecule has 0 aromatic heterocycles. The van der Waals surface area contributed by atoms with Crippen molar-refractivity contribution in [1.82, 2.24) is 0 Å². The van der Waals surface area contributed by atoms with Crippen molar-refractivity contribution < 1.29 is 0 Å². The number of hydrogen-bond acceptors (Lipinski definition) is 2. The third-order valence-electron chi connectivity index (χ3n) is 2.44. The standard InChI is InChI=1S/C14H13ClN4/c15-12-9-5-4-8-11(12)13(18-19-14(16)17)10-6-2-1-3-7-10/h1-9H,(H4,16,17,19)/b18-13-. The molecule has 5 heteroatoms. The third kappa shape index (κ3) is 3.33. The summed E-state index contributed by atoms with van der Waals surface area (Å²) in [6.45, 7) is 0. The van der Waals surface area contributed by atoms with Crippen molar-refractivity contribution in [3.63, 3.8) is 0 Å². The lowest BCUT2D eigenvalue weighted by Crippen LogP contribution is -2.22. The molecule has 2 rings (SSSR count). The first kappa shape index (κ1) is 13.1. The molecule has 0 spiro atoms. The van der Waals surface area contributed by atoms with Gasteiger partial charge in [0.05, 0.1) is 5.02 Å². The van der Waals surface area contributed by atoms with Gasteiger partial charge in [0, 0.05) is 11.1 Å². The van der Waals surface area contributed by atoms with Gasteiger partial charge in [-0.05, 0) is 6.07 Å². The van der Waals surface area contributed by atoms with Gasteiger partial charge in [0.2, 0.25) is 5.96 Å². The quantitative estimate of drug-likeness (QED) is 0.511. The minimum atomic E-state index is -0.0968. The zero-order chi connectivity index (χ0) is 13.7. The summed E-state index contributed by atoms with van der Waals surface area (Å²) in [5.74, 6) is -0.0968. The van der Waals surface area contributed by atoms with Gasteiger partial charge in [0.15, 0.2) is 0 Å². The fourth-order valence-electron chi connectivity index (χ4n) is 1.62. The lowest BCUT2D eigenvalue weighted by molar-refractivity contribution is 1.20. The molecule has 2 aromatic carbocycles. The van der Waals surface area contributed by atoms with Crippen LogP contribution in [0, 0.1) is 0 Å². The Hall–Kier alpha value is -2.33. The minimum absolute atomic E-state index is 0.0968. The number of guanidine groups is 1. The first-order chi connectivity index (χ1) is 9.18. The van der Waals surface area contributed by atoms with E-state index < -0.39 is 0 Å². The molecular weight excluding hydrogens is 260 g/mol. The largest absolute Gasteiger partial charge is 0.369 e. The Morgan fingerprint density at radius 3 is 2.11 bits per heavy atom. The van der Waals surface area contributed by atoms with Crippen molar-refractivity contribution in [2.24, 2.45) is 21.7 Å². The van der Waals surface area contributed by atoms with Crippen LogP contribution in [-0.4, -0.2) is 11.7 Å². The van der Waals surface area contributed by atoms with E-state index >= 15 is 0 Å². The predicted molar refractivity (Wildman–Crippen MR) is 79.3 cm³/mol. The number of rotatable bonds is 3. The van der Waals surface area contributed by atoms with Crippen molar-refractivity contribution in [2.75, 3.05) is 0 Å². The third-order valence-corrected chi connectivity index (χ3v) is 2.77. The molecule has 0 fully saturated rings. The smallest absolute Gasteiger partial charge is 0.211 e. The lowest BCUT2D eigenvalue weighted by Gasteiger charge is -2.07. The van der Waals surface area contributed by atoms with Gasteiger partial charge in [0.1, 0.15) is 5.71 Å². The van der Waals surface area contributed by atoms with E-state index in [1.807, 2.05) is 48.5 Å². The van der Waals surface area contributed by atoms with Gasteiger partial charge in [-0.25, -0.2) is 0 Å². The predicted octanol–water partition coefficient (Wildman–Crippen LogP) is 2.37. The molecule has 2 aromatic rings. The van der Waals surface area contributed by atoms with Crippen LogP contribution in [0.3, 0.4) is 0 Å². The summed E-state index contributed by atoms with van der Waals surface area (Å²) in [6, 6.07) is 17.0. The van der Waals surface area contributed by atoms with E-state index in [1.165, 1.54) is 0 Å². The average molecular weight is 273 g/mol. The summed E-state index contributed by atoms with van der Waals surface area (Å²) in [5.41, 5.74) is 12.9. The molecule has 0 amide bonds. The van der Waals surface area contributed by atoms with Gasteiger partial charge in [-0.3, -0.25) is 0 Å². The molecule has 4 nitrogen and oxygen atoms in total. The maximum Gasteiger partial charge on any atom is 0.211 e. The summed E-state index contributed by atoms with van der Waals surface area (Å²) in [5, 5.41) is 8.41. The van der Waals surface area contributed by atoms with Crippen molar-refractivity contribution in [3.8, 4) is 0 Å². The monoisotopic (exact) mass is 272 g/mol. The first-order valence-electron chi connectivity index (χ1n) is 5.65. The van der Waals surface area contributed by atoms with Crippen LogP contribution in [0.25, 0.3) is 0 Å². The summed E-state index contributed by atoms with van der Waals surface area (Å²) in [7, 11) is 0. The number of nitrogens with two attached hydrogens (primary N) is 2. The second-order valence-corrected chi connectivity index (χ2v) is 4.23. The summed E-state index contributed by atoms with van der Waals surface area (Å²) in [6.07, 6.45) is 0. The van der Waals surface area contributed by atoms with Gasteiger partial charge >= 0.3 is 0 Å². The van der Waals surface area contributed by atoms with Crippen LogP contribution < -0.4 is 11.5 Å². The number of halogens is 1. The van der Waals surface area contributed by atoms with Crippen molar-refractivity contribution in [1.29, 1.82) is 0 Å². The Morgan fingerprint density at radius 2 is 1.47 bits per heavy atom. The van der Waals surface area contributed by atoms with E-state index in [9.17, 15) is 0 Å². The first-order valence-corrected chi connectivity index (χ1v) is 6.03. The molecule has 0 saturated heterocycles. The van der Waals surface area contributed by atoms with Crippen molar-refractivity contribution in [2.45, 2.75) is 0 Å². The van der Waals surface area contributed by atoms with Crippen LogP contribution in [0.4, 0.5) is 0 Å². The minimum Gasteiger partial charge on any atom is -0.369 e. The highest BCUT2D eigenvalue weighted by Crippen LogP contribution is 2.20. The van der Waals surface area contributed by atoms with E-state index in [0.717, 1.165) is 11.1 Å². The van der Waals surface area contributed by atoms with Gasteiger partial charge in [-0.2, -0.15) is 0 Å². The second kappa shape index (κ2) is 6.02. The molecule has 0 atom stereocenters. The summed E-state index contributed by atoms with van der Waals surface area (Å²) < 4.78 is 0. The van der Waals surface area contributed by atoms with Crippen LogP contribution in [0.2, 0.25) is 5.02 Å². The van der Waals surface area contributed by atoms with E-state index in [0.29, 0.717) is 10.7 Å². The maximum absolute atomic E-state index is 6.19. The zero-order valence-electron chi connectivity index (χ0n) is 10.1. The molecule has 0 saturated carbocycles. The van der Waals surface area contributed by atoms with Gasteiger partial charge < -0.3 is 11.5 Å². The number of hydrogen-bond donors (Lipinski definition) is 2. The topological polar surface area (TPSA) is 76.8 Å². The normalized spacial score (nSPS) is 11.1. The highest BCUT2D eigenvalue weighted by atomic mass is 35.5. The molecule has 0 bridgehead atoms.